The topological polar surface area (TPSA) is 79.8 Å². The van der Waals surface area contributed by atoms with Gasteiger partial charge in [-0.2, -0.15) is 0 Å². The van der Waals surface area contributed by atoms with Gasteiger partial charge >= 0.3 is 0 Å². The molecule has 2 heterocycles. The molecule has 0 saturated carbocycles. The largest absolute Gasteiger partial charge is 0.508 e. The number of ether oxygens (including phenoxy) is 2. The Morgan fingerprint density at radius 1 is 1.38 bits per heavy atom. The summed E-state index contributed by atoms with van der Waals surface area (Å²) in [6, 6.07) is 4.61. The summed E-state index contributed by atoms with van der Waals surface area (Å²) >= 11 is 0. The van der Waals surface area contributed by atoms with Crippen molar-refractivity contribution in [3.8, 4) is 11.5 Å². The summed E-state index contributed by atoms with van der Waals surface area (Å²) in [6.45, 7) is 7.17. The number of halogens is 1. The maximum atomic E-state index is 12.4. The number of nitrogens with one attached hydrogen (secondary N) is 2. The minimum Gasteiger partial charge on any atom is -0.508 e. The number of amides is 1. The summed E-state index contributed by atoms with van der Waals surface area (Å²) < 4.78 is 11.5. The van der Waals surface area contributed by atoms with Crippen molar-refractivity contribution in [2.24, 2.45) is 5.41 Å². The molecule has 0 aliphatic carbocycles. The monoisotopic (exact) mass is 384 g/mol. The van der Waals surface area contributed by atoms with Crippen molar-refractivity contribution in [2.45, 2.75) is 45.3 Å². The number of phenolic OH excluding ortho intramolecular Hbond substituents is 1. The standard InChI is InChI=1S/C19H28N2O4.ClH/c1-13(2)25-16-8-14(7-15(22)9-16)18(23)21-11-17-10-19(12-24-17)3-5-20-6-4-19;/h7-9,13,17,20,22H,3-6,10-12H2,1-2H3,(H,21,23);1H. The smallest absolute Gasteiger partial charge is 0.251 e. The Hall–Kier alpha value is -1.50. The molecule has 0 aromatic heterocycles. The molecule has 1 spiro atoms. The van der Waals surface area contributed by atoms with E-state index < -0.39 is 0 Å². The average molecular weight is 385 g/mol. The van der Waals surface area contributed by atoms with Crippen LogP contribution in [0.3, 0.4) is 0 Å². The Labute approximate surface area is 161 Å². The minimum atomic E-state index is -0.223. The van der Waals surface area contributed by atoms with Crippen LogP contribution in [0.1, 0.15) is 43.5 Å². The zero-order valence-electron chi connectivity index (χ0n) is 15.4. The van der Waals surface area contributed by atoms with Gasteiger partial charge in [-0.05, 0) is 63.7 Å². The summed E-state index contributed by atoms with van der Waals surface area (Å²) in [7, 11) is 0. The van der Waals surface area contributed by atoms with Gasteiger partial charge in [0.15, 0.2) is 0 Å². The van der Waals surface area contributed by atoms with Crippen LogP contribution < -0.4 is 15.4 Å². The third-order valence-electron chi connectivity index (χ3n) is 4.97. The van der Waals surface area contributed by atoms with Crippen LogP contribution in [-0.2, 0) is 4.74 Å². The minimum absolute atomic E-state index is 0. The number of aromatic hydroxyl groups is 1. The number of hydrogen-bond acceptors (Lipinski definition) is 5. The number of piperidine rings is 1. The van der Waals surface area contributed by atoms with E-state index in [4.69, 9.17) is 9.47 Å². The zero-order valence-corrected chi connectivity index (χ0v) is 16.2. The highest BCUT2D eigenvalue weighted by atomic mass is 35.5. The molecular weight excluding hydrogens is 356 g/mol. The van der Waals surface area contributed by atoms with Crippen LogP contribution in [0.15, 0.2) is 18.2 Å². The number of carbonyl (C=O) groups excluding carboxylic acids is 1. The van der Waals surface area contributed by atoms with Crippen LogP contribution in [0.4, 0.5) is 0 Å². The lowest BCUT2D eigenvalue weighted by Crippen LogP contribution is -2.38. The molecule has 1 amide bonds. The van der Waals surface area contributed by atoms with Crippen LogP contribution >= 0.6 is 12.4 Å². The molecule has 2 aliphatic rings. The molecule has 2 aliphatic heterocycles. The fraction of sp³-hybridized carbons (Fsp3) is 0.632. The number of hydrogen-bond donors (Lipinski definition) is 3. The van der Waals surface area contributed by atoms with Gasteiger partial charge in [0.25, 0.3) is 5.91 Å². The van der Waals surface area contributed by atoms with Crippen LogP contribution in [0.5, 0.6) is 11.5 Å². The van der Waals surface area contributed by atoms with Crippen molar-refractivity contribution in [1.29, 1.82) is 0 Å². The molecule has 1 unspecified atom stereocenters. The molecule has 0 radical (unpaired) electrons. The average Bonchev–Trinajstić information content (AvgIpc) is 2.94. The van der Waals surface area contributed by atoms with Crippen LogP contribution in [-0.4, -0.2) is 49.5 Å². The van der Waals surface area contributed by atoms with Gasteiger partial charge < -0.3 is 25.2 Å². The first-order chi connectivity index (χ1) is 12.0. The van der Waals surface area contributed by atoms with E-state index in [0.717, 1.165) is 39.0 Å². The van der Waals surface area contributed by atoms with E-state index in [0.29, 0.717) is 17.9 Å². The Morgan fingerprint density at radius 3 is 2.81 bits per heavy atom. The van der Waals surface area contributed by atoms with Gasteiger partial charge in [-0.15, -0.1) is 12.4 Å². The molecule has 146 valence electrons. The Bertz CT molecular complexity index is 618. The summed E-state index contributed by atoms with van der Waals surface area (Å²) in [6.07, 6.45) is 3.31. The molecule has 3 N–H and O–H groups in total. The number of carbonyl (C=O) groups is 1. The molecule has 7 heteroatoms. The molecule has 2 fully saturated rings. The molecule has 2 saturated heterocycles. The fourth-order valence-corrected chi connectivity index (χ4v) is 3.70. The first-order valence-electron chi connectivity index (χ1n) is 9.07. The van der Waals surface area contributed by atoms with Gasteiger partial charge in [0.1, 0.15) is 11.5 Å². The van der Waals surface area contributed by atoms with Crippen molar-refractivity contribution < 1.29 is 19.4 Å². The van der Waals surface area contributed by atoms with Crippen LogP contribution in [0, 0.1) is 5.41 Å². The lowest BCUT2D eigenvalue weighted by atomic mass is 9.77. The summed E-state index contributed by atoms with van der Waals surface area (Å²) in [4.78, 5) is 12.4. The number of phenols is 1. The van der Waals surface area contributed by atoms with E-state index >= 15 is 0 Å². The number of rotatable bonds is 5. The maximum absolute atomic E-state index is 12.4. The van der Waals surface area contributed by atoms with Crippen molar-refractivity contribution in [2.75, 3.05) is 26.2 Å². The second-order valence-corrected chi connectivity index (χ2v) is 7.48. The maximum Gasteiger partial charge on any atom is 0.251 e. The predicted molar refractivity (Wildman–Crippen MR) is 102 cm³/mol. The van der Waals surface area contributed by atoms with Crippen molar-refractivity contribution in [3.05, 3.63) is 23.8 Å². The molecular formula is C19H29ClN2O4. The highest BCUT2D eigenvalue weighted by molar-refractivity contribution is 5.95. The fourth-order valence-electron chi connectivity index (χ4n) is 3.70. The van der Waals surface area contributed by atoms with Crippen molar-refractivity contribution in [1.82, 2.24) is 10.6 Å². The van der Waals surface area contributed by atoms with E-state index in [1.807, 2.05) is 13.8 Å². The van der Waals surface area contributed by atoms with Crippen molar-refractivity contribution in [3.63, 3.8) is 0 Å². The lowest BCUT2D eigenvalue weighted by molar-refractivity contribution is 0.0781. The van der Waals surface area contributed by atoms with Gasteiger partial charge in [0.2, 0.25) is 0 Å². The third kappa shape index (κ3) is 5.25. The van der Waals surface area contributed by atoms with Crippen LogP contribution in [0.2, 0.25) is 0 Å². The second kappa shape index (κ2) is 8.93. The SMILES string of the molecule is CC(C)Oc1cc(O)cc(C(=O)NCC2CC3(CCNCC3)CO2)c1.Cl. The Morgan fingerprint density at radius 2 is 2.12 bits per heavy atom. The molecule has 3 rings (SSSR count). The van der Waals surface area contributed by atoms with Gasteiger partial charge in [0.05, 0.1) is 18.8 Å². The van der Waals surface area contributed by atoms with Gasteiger partial charge in [-0.1, -0.05) is 0 Å². The molecule has 6 nitrogen and oxygen atoms in total. The van der Waals surface area contributed by atoms with Gasteiger partial charge in [0, 0.05) is 18.2 Å². The lowest BCUT2D eigenvalue weighted by Gasteiger charge is -2.32. The molecule has 1 atom stereocenters. The quantitative estimate of drug-likeness (QED) is 0.726. The predicted octanol–water partition coefficient (Wildman–Crippen LogP) is 2.49. The first-order valence-corrected chi connectivity index (χ1v) is 9.07. The molecule has 1 aromatic rings. The van der Waals surface area contributed by atoms with Gasteiger partial charge in [-0.3, -0.25) is 4.79 Å². The Kier molecular flexibility index (Phi) is 7.15. The van der Waals surface area contributed by atoms with Crippen molar-refractivity contribution >= 4 is 18.3 Å². The molecule has 26 heavy (non-hydrogen) atoms. The first kappa shape index (κ1) is 20.8. The van der Waals surface area contributed by atoms with Gasteiger partial charge in [-0.25, -0.2) is 0 Å². The Balaban J connectivity index is 0.00000243. The molecule has 0 bridgehead atoms. The highest BCUT2D eigenvalue weighted by Crippen LogP contribution is 2.40. The molecule has 1 aromatic carbocycles. The number of benzene rings is 1. The van der Waals surface area contributed by atoms with E-state index in [1.54, 1.807) is 6.07 Å². The summed E-state index contributed by atoms with van der Waals surface area (Å²) in [5, 5.41) is 16.1. The third-order valence-corrected chi connectivity index (χ3v) is 4.97. The zero-order chi connectivity index (χ0) is 17.9. The summed E-state index contributed by atoms with van der Waals surface area (Å²) in [5.41, 5.74) is 0.675. The van der Waals surface area contributed by atoms with E-state index in [9.17, 15) is 9.90 Å². The summed E-state index contributed by atoms with van der Waals surface area (Å²) in [5.74, 6) is 0.291. The highest BCUT2D eigenvalue weighted by Gasteiger charge is 2.40. The second-order valence-electron chi connectivity index (χ2n) is 7.48. The van der Waals surface area contributed by atoms with E-state index in [1.165, 1.54) is 12.1 Å². The van der Waals surface area contributed by atoms with E-state index in [2.05, 4.69) is 10.6 Å². The normalized spacial score (nSPS) is 21.4. The van der Waals surface area contributed by atoms with Crippen LogP contribution in [0.25, 0.3) is 0 Å². The van der Waals surface area contributed by atoms with E-state index in [-0.39, 0.29) is 41.7 Å².